The molecule has 8 heteroatoms. The second-order valence-corrected chi connectivity index (χ2v) is 8.93. The van der Waals surface area contributed by atoms with Crippen molar-refractivity contribution in [2.45, 2.75) is 32.1 Å². The normalized spacial score (nSPS) is 14.9. The van der Waals surface area contributed by atoms with E-state index >= 15 is 0 Å². The Morgan fingerprint density at radius 2 is 1.86 bits per heavy atom. The Balaban J connectivity index is 1.23. The molecule has 1 saturated heterocycles. The van der Waals surface area contributed by atoms with Gasteiger partial charge in [-0.3, -0.25) is 9.69 Å². The summed E-state index contributed by atoms with van der Waals surface area (Å²) in [5, 5.41) is 0.831. The number of benzene rings is 2. The first kappa shape index (κ1) is 23.0. The zero-order chi connectivity index (χ0) is 24.0. The lowest BCUT2D eigenvalue weighted by molar-refractivity contribution is -0.116. The van der Waals surface area contributed by atoms with E-state index in [-0.39, 0.29) is 12.6 Å². The minimum Gasteiger partial charge on any atom is -0.373 e. The van der Waals surface area contributed by atoms with Crippen molar-refractivity contribution >= 4 is 28.4 Å². The molecule has 4 aromatic rings. The predicted octanol–water partition coefficient (Wildman–Crippen LogP) is 3.76. The summed E-state index contributed by atoms with van der Waals surface area (Å²) in [5.74, 6) is 0.204. The minimum atomic E-state index is -0.434. The average Bonchev–Trinajstić information content (AvgIpc) is 3.37. The molecule has 1 aliphatic heterocycles. The van der Waals surface area contributed by atoms with E-state index in [1.54, 1.807) is 6.20 Å². The molecule has 1 aliphatic rings. The molecule has 2 aromatic heterocycles. The van der Waals surface area contributed by atoms with E-state index in [1.807, 2.05) is 35.2 Å². The fraction of sp³-hybridized carbons (Fsp3) is 0.296. The lowest BCUT2D eigenvalue weighted by atomic mass is 10.1. The third kappa shape index (κ3) is 5.67. The maximum Gasteiger partial charge on any atom is 0.237 e. The van der Waals surface area contributed by atoms with Gasteiger partial charge in [0.1, 0.15) is 24.3 Å². The maximum absolute atomic E-state index is 11.9. The summed E-state index contributed by atoms with van der Waals surface area (Å²) in [5.41, 5.74) is 9.52. The van der Waals surface area contributed by atoms with Gasteiger partial charge in [0.15, 0.2) is 0 Å². The van der Waals surface area contributed by atoms with E-state index in [2.05, 4.69) is 50.2 Å². The van der Waals surface area contributed by atoms with E-state index in [9.17, 15) is 4.79 Å². The van der Waals surface area contributed by atoms with Gasteiger partial charge in [0, 0.05) is 31.5 Å². The molecule has 180 valence electrons. The second kappa shape index (κ2) is 10.7. The number of rotatable bonds is 9. The van der Waals surface area contributed by atoms with Gasteiger partial charge in [-0.05, 0) is 42.2 Å². The zero-order valence-corrected chi connectivity index (χ0v) is 19.6. The van der Waals surface area contributed by atoms with Gasteiger partial charge < -0.3 is 20.4 Å². The fourth-order valence-corrected chi connectivity index (χ4v) is 4.62. The monoisotopic (exact) mass is 470 g/mol. The largest absolute Gasteiger partial charge is 0.373 e. The molecule has 5 rings (SSSR count). The molecule has 1 amide bonds. The highest BCUT2D eigenvalue weighted by Gasteiger charge is 2.21. The fourth-order valence-electron chi connectivity index (χ4n) is 4.62. The van der Waals surface area contributed by atoms with Crippen LogP contribution in [0.5, 0.6) is 0 Å². The highest BCUT2D eigenvalue weighted by atomic mass is 16.5. The smallest absolute Gasteiger partial charge is 0.237 e. The van der Waals surface area contributed by atoms with Crippen molar-refractivity contribution < 1.29 is 9.53 Å². The molecule has 0 saturated carbocycles. The molecule has 2 aromatic carbocycles. The molecule has 0 atom stereocenters. The highest BCUT2D eigenvalue weighted by molar-refractivity contribution is 5.92. The summed E-state index contributed by atoms with van der Waals surface area (Å²) < 4.78 is 6.28. The van der Waals surface area contributed by atoms with Crippen molar-refractivity contribution in [2.75, 3.05) is 24.5 Å². The van der Waals surface area contributed by atoms with Crippen LogP contribution in [0.3, 0.4) is 0 Å². The number of nitrogens with one attached hydrogen (secondary N) is 1. The maximum atomic E-state index is 11.9. The number of aromatic nitrogens is 3. The first-order valence-corrected chi connectivity index (χ1v) is 12.0. The summed E-state index contributed by atoms with van der Waals surface area (Å²) in [7, 11) is 0. The second-order valence-electron chi connectivity index (χ2n) is 8.93. The lowest BCUT2D eigenvalue weighted by Gasteiger charge is -2.32. The molecule has 3 N–H and O–H groups in total. The number of ether oxygens (including phenoxy) is 1. The van der Waals surface area contributed by atoms with Crippen LogP contribution in [0.15, 0.2) is 73.2 Å². The predicted molar refractivity (Wildman–Crippen MR) is 136 cm³/mol. The Labute approximate surface area is 204 Å². The Kier molecular flexibility index (Phi) is 7.02. The number of H-pyrrole nitrogens is 1. The molecular formula is C27H30N6O2. The number of aromatic amines is 1. The molecular weight excluding hydrogens is 440 g/mol. The Bertz CT molecular complexity index is 1270. The number of hydrogen-bond donors (Lipinski definition) is 2. The van der Waals surface area contributed by atoms with E-state index in [0.29, 0.717) is 18.1 Å². The molecule has 0 unspecified atom stereocenters. The Morgan fingerprint density at radius 1 is 1.06 bits per heavy atom. The molecule has 0 spiro atoms. The molecule has 0 bridgehead atoms. The first-order valence-electron chi connectivity index (χ1n) is 12.0. The number of carbonyl (C=O) groups is 1. The molecule has 0 aliphatic carbocycles. The number of amides is 1. The number of primary amides is 1. The van der Waals surface area contributed by atoms with Crippen LogP contribution in [0.4, 0.5) is 11.5 Å². The van der Waals surface area contributed by atoms with E-state index in [1.165, 1.54) is 11.9 Å². The Morgan fingerprint density at radius 3 is 2.66 bits per heavy atom. The van der Waals surface area contributed by atoms with E-state index < -0.39 is 5.91 Å². The van der Waals surface area contributed by atoms with Gasteiger partial charge >= 0.3 is 0 Å². The van der Waals surface area contributed by atoms with Gasteiger partial charge in [0.25, 0.3) is 0 Å². The van der Waals surface area contributed by atoms with Gasteiger partial charge in [-0.2, -0.15) is 0 Å². The minimum absolute atomic E-state index is 0.0154. The standard InChI is InChI=1S/C27H30N6O2/c28-25(34)17-33(27-24-9-12-29-26(24)30-19-31-27)22-8-4-7-21(15-22)18-35-23-10-13-32(14-11-23)16-20-5-2-1-3-6-20/h1-9,12,15,19,23H,10-11,13-14,16-18H2,(H2,28,34)(H,29,30,31). The van der Waals surface area contributed by atoms with Gasteiger partial charge in [-0.15, -0.1) is 0 Å². The molecule has 35 heavy (non-hydrogen) atoms. The molecule has 1 fully saturated rings. The van der Waals surface area contributed by atoms with Crippen LogP contribution in [0.2, 0.25) is 0 Å². The van der Waals surface area contributed by atoms with Crippen LogP contribution in [0, 0.1) is 0 Å². The van der Waals surface area contributed by atoms with Gasteiger partial charge in [-0.1, -0.05) is 42.5 Å². The molecule has 8 nitrogen and oxygen atoms in total. The number of nitrogens with two attached hydrogens (primary N) is 1. The van der Waals surface area contributed by atoms with E-state index in [4.69, 9.17) is 10.5 Å². The third-order valence-electron chi connectivity index (χ3n) is 6.39. The summed E-state index contributed by atoms with van der Waals surface area (Å²) in [4.78, 5) is 28.0. The van der Waals surface area contributed by atoms with E-state index in [0.717, 1.165) is 49.1 Å². The summed E-state index contributed by atoms with van der Waals surface area (Å²) in [6.45, 7) is 3.59. The summed E-state index contributed by atoms with van der Waals surface area (Å²) >= 11 is 0. The summed E-state index contributed by atoms with van der Waals surface area (Å²) in [6, 6.07) is 20.5. The number of anilines is 2. The van der Waals surface area contributed by atoms with Crippen molar-refractivity contribution in [3.05, 3.63) is 84.3 Å². The SMILES string of the molecule is NC(=O)CN(c1cccc(COC2CCN(Cc3ccccc3)CC2)c1)c1ncnc2[nH]ccc12. The van der Waals surface area contributed by atoms with Crippen LogP contribution in [-0.2, 0) is 22.7 Å². The van der Waals surface area contributed by atoms with Crippen molar-refractivity contribution in [3.63, 3.8) is 0 Å². The number of nitrogens with zero attached hydrogens (tertiary/aromatic N) is 4. The van der Waals surface area contributed by atoms with Gasteiger partial charge in [0.2, 0.25) is 5.91 Å². The first-order chi connectivity index (χ1) is 17.2. The van der Waals surface area contributed by atoms with Gasteiger partial charge in [-0.25, -0.2) is 9.97 Å². The molecule has 3 heterocycles. The van der Waals surface area contributed by atoms with Crippen LogP contribution < -0.4 is 10.6 Å². The number of hydrogen-bond acceptors (Lipinski definition) is 6. The molecule has 0 radical (unpaired) electrons. The third-order valence-corrected chi connectivity index (χ3v) is 6.39. The van der Waals surface area contributed by atoms with Crippen LogP contribution in [-0.4, -0.2) is 51.5 Å². The van der Waals surface area contributed by atoms with Crippen molar-refractivity contribution in [3.8, 4) is 0 Å². The average molecular weight is 471 g/mol. The van der Waals surface area contributed by atoms with Crippen molar-refractivity contribution in [1.82, 2.24) is 19.9 Å². The topological polar surface area (TPSA) is 100 Å². The number of likely N-dealkylation sites (tertiary alicyclic amines) is 1. The Hall–Kier alpha value is -3.75. The quantitative estimate of drug-likeness (QED) is 0.386. The van der Waals surface area contributed by atoms with Crippen molar-refractivity contribution in [2.24, 2.45) is 5.73 Å². The zero-order valence-electron chi connectivity index (χ0n) is 19.6. The lowest BCUT2D eigenvalue weighted by Crippen LogP contribution is -2.36. The van der Waals surface area contributed by atoms with Crippen LogP contribution in [0.25, 0.3) is 11.0 Å². The number of carbonyl (C=O) groups excluding carboxylic acids is 1. The highest BCUT2D eigenvalue weighted by Crippen LogP contribution is 2.30. The summed E-state index contributed by atoms with van der Waals surface area (Å²) in [6.07, 6.45) is 5.58. The van der Waals surface area contributed by atoms with Gasteiger partial charge in [0.05, 0.1) is 18.1 Å². The van der Waals surface area contributed by atoms with Crippen LogP contribution >= 0.6 is 0 Å². The number of fused-ring (bicyclic) bond motifs is 1. The van der Waals surface area contributed by atoms with Crippen LogP contribution in [0.1, 0.15) is 24.0 Å². The number of piperidine rings is 1. The van der Waals surface area contributed by atoms with Crippen molar-refractivity contribution in [1.29, 1.82) is 0 Å².